The first-order valence-electron chi connectivity index (χ1n) is 8.33. The van der Waals surface area contributed by atoms with E-state index in [1.165, 1.54) is 42.1 Å². The first-order chi connectivity index (χ1) is 9.90. The van der Waals surface area contributed by atoms with Crippen LogP contribution >= 0.6 is 11.3 Å². The smallest absolute Gasteiger partial charge is 0.0586 e. The van der Waals surface area contributed by atoms with Gasteiger partial charge >= 0.3 is 0 Å². The molecule has 0 unspecified atom stereocenters. The predicted molar refractivity (Wildman–Crippen MR) is 90.0 cm³/mol. The Morgan fingerprint density at radius 1 is 1.33 bits per heavy atom. The Morgan fingerprint density at radius 3 is 2.71 bits per heavy atom. The van der Waals surface area contributed by atoms with E-state index in [-0.39, 0.29) is 5.41 Å². The Morgan fingerprint density at radius 2 is 2.10 bits per heavy atom. The number of nitrogens with zero attached hydrogens (tertiary/aromatic N) is 1. The molecule has 21 heavy (non-hydrogen) atoms. The zero-order valence-corrected chi connectivity index (χ0v) is 14.8. The van der Waals surface area contributed by atoms with Crippen molar-refractivity contribution in [2.75, 3.05) is 19.7 Å². The van der Waals surface area contributed by atoms with Crippen molar-refractivity contribution in [3.8, 4) is 0 Å². The van der Waals surface area contributed by atoms with Crippen molar-refractivity contribution in [2.45, 2.75) is 65.0 Å². The highest BCUT2D eigenvalue weighted by Crippen LogP contribution is 2.49. The molecule has 118 valence electrons. The van der Waals surface area contributed by atoms with E-state index in [9.17, 15) is 0 Å². The van der Waals surface area contributed by atoms with Crippen molar-refractivity contribution in [3.63, 3.8) is 0 Å². The molecule has 1 aromatic heterocycles. The molecular weight excluding hydrogens is 278 g/mol. The molecule has 2 nitrogen and oxygen atoms in total. The third-order valence-electron chi connectivity index (χ3n) is 5.02. The maximum Gasteiger partial charge on any atom is 0.0586 e. The Labute approximate surface area is 133 Å². The van der Waals surface area contributed by atoms with Gasteiger partial charge in [-0.15, -0.1) is 11.3 Å². The van der Waals surface area contributed by atoms with Gasteiger partial charge in [-0.25, -0.2) is 0 Å². The minimum atomic E-state index is 0.286. The largest absolute Gasteiger partial charge is 0.378 e. The second-order valence-electron chi connectivity index (χ2n) is 7.96. The highest BCUT2D eigenvalue weighted by Gasteiger charge is 2.48. The topological polar surface area (TPSA) is 12.5 Å². The highest BCUT2D eigenvalue weighted by molar-refractivity contribution is 7.12. The van der Waals surface area contributed by atoms with Gasteiger partial charge in [-0.3, -0.25) is 4.90 Å². The van der Waals surface area contributed by atoms with Crippen molar-refractivity contribution < 1.29 is 4.74 Å². The first-order valence-corrected chi connectivity index (χ1v) is 9.15. The fourth-order valence-corrected chi connectivity index (χ4v) is 4.95. The Balaban J connectivity index is 1.53. The van der Waals surface area contributed by atoms with E-state index in [1.807, 2.05) is 11.3 Å². The van der Waals surface area contributed by atoms with Crippen LogP contribution in [0.1, 0.15) is 56.7 Å². The fourth-order valence-electron chi connectivity index (χ4n) is 3.84. The number of thiophene rings is 1. The van der Waals surface area contributed by atoms with Crippen LogP contribution in [0.3, 0.4) is 0 Å². The van der Waals surface area contributed by atoms with Gasteiger partial charge in [0.1, 0.15) is 0 Å². The summed E-state index contributed by atoms with van der Waals surface area (Å²) in [6.07, 6.45) is 4.49. The van der Waals surface area contributed by atoms with Crippen molar-refractivity contribution in [2.24, 2.45) is 5.41 Å². The van der Waals surface area contributed by atoms with Crippen molar-refractivity contribution in [1.29, 1.82) is 0 Å². The number of rotatable bonds is 4. The van der Waals surface area contributed by atoms with E-state index < -0.39 is 0 Å². The molecule has 0 bridgehead atoms. The second kappa shape index (κ2) is 5.68. The summed E-state index contributed by atoms with van der Waals surface area (Å²) in [6.45, 7) is 13.6. The summed E-state index contributed by atoms with van der Waals surface area (Å²) in [7, 11) is 0. The third kappa shape index (κ3) is 3.35. The van der Waals surface area contributed by atoms with Gasteiger partial charge in [0.25, 0.3) is 0 Å². The summed E-state index contributed by atoms with van der Waals surface area (Å²) < 4.78 is 5.74. The number of hydrogen-bond donors (Lipinski definition) is 0. The Bertz CT molecular complexity index is 482. The molecule has 0 atom stereocenters. The predicted octanol–water partition coefficient (Wildman–Crippen LogP) is 4.44. The number of ether oxygens (including phenoxy) is 1. The molecule has 0 radical (unpaired) electrons. The molecule has 1 saturated heterocycles. The van der Waals surface area contributed by atoms with Gasteiger partial charge in [-0.2, -0.15) is 0 Å². The average Bonchev–Trinajstić information content (AvgIpc) is 2.96. The van der Waals surface area contributed by atoms with Crippen molar-refractivity contribution in [1.82, 2.24) is 4.90 Å². The van der Waals surface area contributed by atoms with Crippen LogP contribution in [0.2, 0.25) is 0 Å². The molecule has 0 aromatic carbocycles. The molecular formula is C18H29NOS. The number of hydrogen-bond acceptors (Lipinski definition) is 3. The molecule has 3 rings (SSSR count). The van der Waals surface area contributed by atoms with E-state index in [1.54, 1.807) is 0 Å². The third-order valence-corrected chi connectivity index (χ3v) is 6.52. The van der Waals surface area contributed by atoms with E-state index >= 15 is 0 Å². The molecule has 1 aromatic rings. The molecule has 0 N–H and O–H groups in total. The fraction of sp³-hybridized carbons (Fsp3) is 0.778. The van der Waals surface area contributed by atoms with E-state index in [0.717, 1.165) is 13.2 Å². The van der Waals surface area contributed by atoms with Gasteiger partial charge < -0.3 is 4.74 Å². The Kier molecular flexibility index (Phi) is 4.19. The summed E-state index contributed by atoms with van der Waals surface area (Å²) in [5, 5.41) is 0. The lowest BCUT2D eigenvalue weighted by Crippen LogP contribution is -2.44. The van der Waals surface area contributed by atoms with Crippen LogP contribution in [0.5, 0.6) is 0 Å². The minimum absolute atomic E-state index is 0.286. The van der Waals surface area contributed by atoms with Crippen LogP contribution in [0.4, 0.5) is 0 Å². The van der Waals surface area contributed by atoms with E-state index in [2.05, 4.69) is 44.7 Å². The molecule has 2 fully saturated rings. The van der Waals surface area contributed by atoms with Gasteiger partial charge in [0, 0.05) is 29.5 Å². The quantitative estimate of drug-likeness (QED) is 0.815. The lowest BCUT2D eigenvalue weighted by atomic mass is 9.66. The van der Waals surface area contributed by atoms with Gasteiger partial charge in [0.15, 0.2) is 0 Å². The van der Waals surface area contributed by atoms with Crippen molar-refractivity contribution in [3.05, 3.63) is 21.9 Å². The van der Waals surface area contributed by atoms with Crippen LogP contribution in [0.25, 0.3) is 0 Å². The zero-order chi connectivity index (χ0) is 15.1. The molecule has 0 amide bonds. The SMILES string of the molecule is CCOC1CC2(CCN(Cc3ccc(C(C)(C)C)s3)C2)C1. The van der Waals surface area contributed by atoms with E-state index in [4.69, 9.17) is 4.74 Å². The van der Waals surface area contributed by atoms with E-state index in [0.29, 0.717) is 11.5 Å². The monoisotopic (exact) mass is 307 g/mol. The van der Waals surface area contributed by atoms with Gasteiger partial charge in [0.2, 0.25) is 0 Å². The second-order valence-corrected chi connectivity index (χ2v) is 9.13. The molecule has 2 heterocycles. The van der Waals surface area contributed by atoms with Crippen LogP contribution in [-0.4, -0.2) is 30.7 Å². The van der Waals surface area contributed by atoms with Crippen LogP contribution in [0.15, 0.2) is 12.1 Å². The maximum atomic E-state index is 5.74. The van der Waals surface area contributed by atoms with Crippen LogP contribution in [0, 0.1) is 5.41 Å². The van der Waals surface area contributed by atoms with Crippen LogP contribution < -0.4 is 0 Å². The summed E-state index contributed by atoms with van der Waals surface area (Å²) in [4.78, 5) is 5.68. The summed E-state index contributed by atoms with van der Waals surface area (Å²) in [5.74, 6) is 0. The van der Waals surface area contributed by atoms with Crippen molar-refractivity contribution >= 4 is 11.3 Å². The minimum Gasteiger partial charge on any atom is -0.378 e. The molecule has 1 saturated carbocycles. The lowest BCUT2D eigenvalue weighted by Gasteiger charge is -2.44. The maximum absolute atomic E-state index is 5.74. The Hall–Kier alpha value is -0.380. The first kappa shape index (κ1) is 15.5. The lowest BCUT2D eigenvalue weighted by molar-refractivity contribution is -0.0718. The van der Waals surface area contributed by atoms with Gasteiger partial charge in [-0.1, -0.05) is 20.8 Å². The average molecular weight is 308 g/mol. The zero-order valence-electron chi connectivity index (χ0n) is 13.9. The molecule has 1 aliphatic carbocycles. The summed E-state index contributed by atoms with van der Waals surface area (Å²) in [6, 6.07) is 4.65. The summed E-state index contributed by atoms with van der Waals surface area (Å²) in [5.41, 5.74) is 0.873. The summed E-state index contributed by atoms with van der Waals surface area (Å²) >= 11 is 1.99. The standard InChI is InChI=1S/C18H29NOS/c1-5-20-14-10-18(11-14)8-9-19(13-18)12-15-6-7-16(21-15)17(2,3)4/h6-7,14H,5,8-13H2,1-4H3. The number of likely N-dealkylation sites (tertiary alicyclic amines) is 1. The highest BCUT2D eigenvalue weighted by atomic mass is 32.1. The normalized spacial score (nSPS) is 30.0. The van der Waals surface area contributed by atoms with Crippen LogP contribution in [-0.2, 0) is 16.7 Å². The molecule has 1 spiro atoms. The molecule has 3 heteroatoms. The van der Waals surface area contributed by atoms with Gasteiger partial charge in [0.05, 0.1) is 6.10 Å². The molecule has 2 aliphatic rings. The molecule has 1 aliphatic heterocycles. The van der Waals surface area contributed by atoms with Gasteiger partial charge in [-0.05, 0) is 55.7 Å².